The second kappa shape index (κ2) is 29.3. The molecule has 8 aromatic rings. The maximum Gasteiger partial charge on any atom is 0.410 e. The van der Waals surface area contributed by atoms with E-state index < -0.39 is 67.6 Å². The quantitative estimate of drug-likeness (QED) is 0.0248. The Bertz CT molecular complexity index is 3380. The third-order valence-electron chi connectivity index (χ3n) is 15.4. The van der Waals surface area contributed by atoms with Crippen molar-refractivity contribution in [1.82, 2.24) is 4.90 Å². The summed E-state index contributed by atoms with van der Waals surface area (Å²) in [7, 11) is 0. The molecule has 16 heteroatoms. The fourth-order valence-corrected chi connectivity index (χ4v) is 11.0. The highest BCUT2D eigenvalue weighted by atomic mass is 16.8. The van der Waals surface area contributed by atoms with Crippen LogP contribution in [-0.4, -0.2) is 104 Å². The number of aliphatic hydroxyl groups is 1. The molecule has 16 nitrogen and oxygen atoms in total. The van der Waals surface area contributed by atoms with E-state index in [4.69, 9.17) is 47.4 Å². The predicted octanol–water partition coefficient (Wildman–Crippen LogP) is 12.7. The van der Waals surface area contributed by atoms with Crippen LogP contribution < -0.4 is 0 Å². The molecule has 3 aliphatic heterocycles. The van der Waals surface area contributed by atoms with Gasteiger partial charge in [0.2, 0.25) is 0 Å². The molecule has 11 atom stereocenters. The van der Waals surface area contributed by atoms with E-state index in [0.717, 1.165) is 54.9 Å². The standard InChI is InChI=1S/C68H70N4O12/c69-71-70-59-60(73)61-58(46-79-65(83-61)54-28-12-4-13-29-54)81-66(59)84-62-57(45-75-41-48-22-8-2-9-23-48)82-67(76-37-19-5-18-36-72(40-47-20-6-1-7-21-47)68(74)80-42-49-24-10-3-11-25-49)64(78-44-51-33-35-53-27-15-17-31-56(53)39-51)63(62)77-43-50-32-34-52-26-14-16-30-55(52)38-50/h1-4,6-17,20-35,38-39,57-67,73H,5,18-19,36-37,40-46H2/t57-,58-,59-,60-,61+,62+,63+,64-,65+,66-,67+/m1/s1. The van der Waals surface area contributed by atoms with E-state index in [1.165, 1.54) is 0 Å². The minimum absolute atomic E-state index is 0.00274. The minimum atomic E-state index is -1.37. The number of unbranched alkanes of at least 4 members (excludes halogenated alkanes) is 2. The van der Waals surface area contributed by atoms with Crippen LogP contribution in [0, 0.1) is 0 Å². The first-order valence-electron chi connectivity index (χ1n) is 28.8. The van der Waals surface area contributed by atoms with Crippen LogP contribution in [0.2, 0.25) is 0 Å². The summed E-state index contributed by atoms with van der Waals surface area (Å²) in [4.78, 5) is 18.6. The second-order valence-corrected chi connectivity index (χ2v) is 21.3. The number of azide groups is 1. The third kappa shape index (κ3) is 15.2. The summed E-state index contributed by atoms with van der Waals surface area (Å²) in [5.74, 6) is 0. The van der Waals surface area contributed by atoms with E-state index >= 15 is 0 Å². The summed E-state index contributed by atoms with van der Waals surface area (Å²) in [6.07, 6.45) is -8.49. The van der Waals surface area contributed by atoms with Gasteiger partial charge >= 0.3 is 6.09 Å². The van der Waals surface area contributed by atoms with Gasteiger partial charge in [-0.3, -0.25) is 0 Å². The van der Waals surface area contributed by atoms with Crippen LogP contribution in [-0.2, 0) is 80.3 Å². The van der Waals surface area contributed by atoms with E-state index in [2.05, 4.69) is 58.6 Å². The van der Waals surface area contributed by atoms with Crippen molar-refractivity contribution in [2.45, 2.75) is 120 Å². The lowest BCUT2D eigenvalue weighted by atomic mass is 9.95. The van der Waals surface area contributed by atoms with Gasteiger partial charge in [0.1, 0.15) is 49.3 Å². The Labute approximate surface area is 489 Å². The number of rotatable bonds is 25. The van der Waals surface area contributed by atoms with Crippen LogP contribution in [0.3, 0.4) is 0 Å². The number of nitrogens with zero attached hydrogens (tertiary/aromatic N) is 4. The topological polar surface area (TPSA) is 182 Å². The molecule has 8 aromatic carbocycles. The minimum Gasteiger partial charge on any atom is -0.445 e. The number of ether oxygens (including phenoxy) is 10. The molecule has 3 heterocycles. The number of aliphatic hydroxyl groups excluding tert-OH is 1. The van der Waals surface area contributed by atoms with Crippen molar-refractivity contribution >= 4 is 27.6 Å². The van der Waals surface area contributed by atoms with Gasteiger partial charge in [0.15, 0.2) is 18.9 Å². The van der Waals surface area contributed by atoms with Crippen molar-refractivity contribution in [3.63, 3.8) is 0 Å². The van der Waals surface area contributed by atoms with Crippen molar-refractivity contribution in [1.29, 1.82) is 0 Å². The molecule has 0 bridgehead atoms. The van der Waals surface area contributed by atoms with Crippen molar-refractivity contribution < 1.29 is 57.3 Å². The van der Waals surface area contributed by atoms with Gasteiger partial charge in [0.05, 0.1) is 39.1 Å². The zero-order chi connectivity index (χ0) is 57.3. The van der Waals surface area contributed by atoms with E-state index in [0.29, 0.717) is 32.4 Å². The molecule has 0 aliphatic carbocycles. The van der Waals surface area contributed by atoms with Crippen LogP contribution in [0.15, 0.2) is 211 Å². The first-order valence-corrected chi connectivity index (χ1v) is 28.8. The van der Waals surface area contributed by atoms with Crippen LogP contribution in [0.1, 0.15) is 58.9 Å². The number of amides is 1. The van der Waals surface area contributed by atoms with Gasteiger partial charge in [-0.25, -0.2) is 4.79 Å². The van der Waals surface area contributed by atoms with Gasteiger partial charge in [-0.05, 0) is 86.3 Å². The Morgan fingerprint density at radius 3 is 1.80 bits per heavy atom. The van der Waals surface area contributed by atoms with E-state index in [1.54, 1.807) is 4.90 Å². The van der Waals surface area contributed by atoms with Gasteiger partial charge < -0.3 is 57.4 Å². The van der Waals surface area contributed by atoms with E-state index in [9.17, 15) is 15.4 Å². The SMILES string of the molecule is [N-]=[N+]=N[C@H]1[C@@H](O[C@@H]2[C@H](OCc3ccc4ccccc4c3)[C@@H](OCc3ccc4ccccc4c3)[C@@H](OCCCCCN(Cc3ccccc3)C(=O)OCc3ccccc3)O[C@@H]2COCc2ccccc2)O[C@@H]2CO[C@H](c3ccccc3)O[C@@H]2[C@@H]1O. The van der Waals surface area contributed by atoms with E-state index in [1.807, 2.05) is 158 Å². The summed E-state index contributed by atoms with van der Waals surface area (Å²) < 4.78 is 66.8. The molecule has 1 amide bonds. The van der Waals surface area contributed by atoms with Gasteiger partial charge in [0.25, 0.3) is 0 Å². The highest BCUT2D eigenvalue weighted by Crippen LogP contribution is 2.39. The number of hydrogen-bond acceptors (Lipinski definition) is 13. The Kier molecular flexibility index (Phi) is 20.3. The largest absolute Gasteiger partial charge is 0.445 e. The molecule has 1 N–H and O–H groups in total. The number of hydrogen-bond donors (Lipinski definition) is 1. The number of benzene rings is 8. The number of fused-ring (bicyclic) bond motifs is 3. The molecule has 11 rings (SSSR count). The predicted molar refractivity (Wildman–Crippen MR) is 316 cm³/mol. The molecule has 3 fully saturated rings. The molecule has 0 aromatic heterocycles. The second-order valence-electron chi connectivity index (χ2n) is 21.3. The van der Waals surface area contributed by atoms with Gasteiger partial charge in [-0.2, -0.15) is 0 Å². The first-order chi connectivity index (χ1) is 41.4. The molecule has 3 saturated heterocycles. The molecular formula is C68H70N4O12. The average molecular weight is 1140 g/mol. The molecule has 0 unspecified atom stereocenters. The lowest BCUT2D eigenvalue weighted by molar-refractivity contribution is -0.376. The lowest BCUT2D eigenvalue weighted by Gasteiger charge is -2.50. The highest BCUT2D eigenvalue weighted by molar-refractivity contribution is 5.83. The van der Waals surface area contributed by atoms with E-state index in [-0.39, 0.29) is 52.3 Å². The van der Waals surface area contributed by atoms with Crippen molar-refractivity contribution in [3.8, 4) is 0 Å². The Hall–Kier alpha value is -7.54. The third-order valence-corrected chi connectivity index (χ3v) is 15.4. The molecule has 3 aliphatic rings. The maximum absolute atomic E-state index is 13.6. The Balaban J connectivity index is 0.878. The van der Waals surface area contributed by atoms with Gasteiger partial charge in [0, 0.05) is 30.2 Å². The smallest absolute Gasteiger partial charge is 0.410 e. The molecule has 0 spiro atoms. The summed E-state index contributed by atoms with van der Waals surface area (Å²) in [5, 5.41) is 20.5. The van der Waals surface area contributed by atoms with Gasteiger partial charge in [-0.15, -0.1) is 0 Å². The number of carbonyl (C=O) groups is 1. The molecular weight excluding hydrogens is 1060 g/mol. The molecule has 434 valence electrons. The van der Waals surface area contributed by atoms with Crippen LogP contribution in [0.4, 0.5) is 4.79 Å². The maximum atomic E-state index is 13.6. The Morgan fingerprint density at radius 1 is 0.571 bits per heavy atom. The molecule has 0 saturated carbocycles. The normalized spacial score (nSPS) is 24.0. The van der Waals surface area contributed by atoms with Crippen molar-refractivity contribution in [2.24, 2.45) is 5.11 Å². The summed E-state index contributed by atoms with van der Waals surface area (Å²) >= 11 is 0. The monoisotopic (exact) mass is 1130 g/mol. The number of carbonyl (C=O) groups excluding carboxylic acids is 1. The van der Waals surface area contributed by atoms with Crippen LogP contribution in [0.25, 0.3) is 32.0 Å². The summed E-state index contributed by atoms with van der Waals surface area (Å²) in [6, 6.07) is 66.2. The molecule has 84 heavy (non-hydrogen) atoms. The van der Waals surface area contributed by atoms with Gasteiger partial charge in [-0.1, -0.05) is 199 Å². The van der Waals surface area contributed by atoms with Crippen molar-refractivity contribution in [2.75, 3.05) is 26.4 Å². The van der Waals surface area contributed by atoms with Crippen LogP contribution >= 0.6 is 0 Å². The van der Waals surface area contributed by atoms with Crippen LogP contribution in [0.5, 0.6) is 0 Å². The lowest BCUT2D eigenvalue weighted by Crippen LogP contribution is -2.66. The summed E-state index contributed by atoms with van der Waals surface area (Å²) in [6.45, 7) is 1.89. The highest BCUT2D eigenvalue weighted by Gasteiger charge is 2.54. The Morgan fingerprint density at radius 2 is 1.15 bits per heavy atom. The zero-order valence-corrected chi connectivity index (χ0v) is 46.7. The summed E-state index contributed by atoms with van der Waals surface area (Å²) in [5.41, 5.74) is 15.5. The molecule has 0 radical (unpaired) electrons. The fraction of sp³-hybridized carbons (Fsp3) is 0.338. The zero-order valence-electron chi connectivity index (χ0n) is 46.7. The fourth-order valence-electron chi connectivity index (χ4n) is 11.0. The first kappa shape index (κ1) is 58.2. The van der Waals surface area contributed by atoms with Crippen molar-refractivity contribution in [3.05, 3.63) is 250 Å². The average Bonchev–Trinajstić information content (AvgIpc) is 2.64.